The Labute approximate surface area is 110 Å². The Hall–Kier alpha value is -2.62. The third-order valence-corrected chi connectivity index (χ3v) is 3.04. The number of para-hydroxylation sites is 1. The highest BCUT2D eigenvalue weighted by molar-refractivity contribution is 5.95. The van der Waals surface area contributed by atoms with E-state index >= 15 is 0 Å². The van der Waals surface area contributed by atoms with Gasteiger partial charge in [-0.2, -0.15) is 0 Å². The van der Waals surface area contributed by atoms with E-state index in [9.17, 15) is 5.11 Å². The summed E-state index contributed by atoms with van der Waals surface area (Å²) < 4.78 is 5.15. The van der Waals surface area contributed by atoms with Gasteiger partial charge in [0.15, 0.2) is 0 Å². The van der Waals surface area contributed by atoms with Crippen molar-refractivity contribution in [2.24, 2.45) is 0 Å². The average Bonchev–Trinajstić information content (AvgIpc) is 2.47. The number of aromatic nitrogens is 2. The molecule has 0 saturated carbocycles. The van der Waals surface area contributed by atoms with Crippen molar-refractivity contribution < 1.29 is 9.84 Å². The Morgan fingerprint density at radius 3 is 2.53 bits per heavy atom. The van der Waals surface area contributed by atoms with E-state index in [1.54, 1.807) is 13.2 Å². The van der Waals surface area contributed by atoms with Crippen LogP contribution in [0.3, 0.4) is 0 Å². The van der Waals surface area contributed by atoms with Gasteiger partial charge in [-0.05, 0) is 23.8 Å². The van der Waals surface area contributed by atoms with Crippen LogP contribution in [0.2, 0.25) is 0 Å². The van der Waals surface area contributed by atoms with Crippen molar-refractivity contribution in [3.05, 3.63) is 48.8 Å². The quantitative estimate of drug-likeness (QED) is 0.761. The fourth-order valence-electron chi connectivity index (χ4n) is 2.08. The Morgan fingerprint density at radius 2 is 1.79 bits per heavy atom. The Bertz CT molecular complexity index is 724. The van der Waals surface area contributed by atoms with E-state index in [2.05, 4.69) is 9.97 Å². The molecule has 0 unspecified atom stereocenters. The molecule has 0 radical (unpaired) electrons. The summed E-state index contributed by atoms with van der Waals surface area (Å²) in [5.41, 5.74) is 2.71. The minimum atomic E-state index is 0.000335. The van der Waals surface area contributed by atoms with Gasteiger partial charge in [0, 0.05) is 5.56 Å². The number of fused-ring (bicyclic) bond motifs is 1. The monoisotopic (exact) mass is 252 g/mol. The van der Waals surface area contributed by atoms with E-state index in [4.69, 9.17) is 4.74 Å². The van der Waals surface area contributed by atoms with Gasteiger partial charge < -0.3 is 9.84 Å². The molecule has 0 aliphatic heterocycles. The van der Waals surface area contributed by atoms with Crippen molar-refractivity contribution in [3.63, 3.8) is 0 Å². The first-order valence-electron chi connectivity index (χ1n) is 5.86. The number of methoxy groups -OCH3 is 1. The second-order valence-electron chi connectivity index (χ2n) is 4.13. The lowest BCUT2D eigenvalue weighted by Crippen LogP contribution is -1.88. The molecule has 2 aromatic carbocycles. The number of hydrogen-bond acceptors (Lipinski definition) is 4. The second-order valence-corrected chi connectivity index (χ2v) is 4.13. The lowest BCUT2D eigenvalue weighted by molar-refractivity contribution is 0.415. The van der Waals surface area contributed by atoms with Crippen molar-refractivity contribution in [3.8, 4) is 22.8 Å². The maximum atomic E-state index is 9.75. The van der Waals surface area contributed by atoms with Crippen molar-refractivity contribution in [1.29, 1.82) is 0 Å². The van der Waals surface area contributed by atoms with Gasteiger partial charge in [-0.1, -0.05) is 24.3 Å². The summed E-state index contributed by atoms with van der Waals surface area (Å²) in [6, 6.07) is 13.4. The first-order valence-corrected chi connectivity index (χ1v) is 5.86. The molecule has 94 valence electrons. The summed E-state index contributed by atoms with van der Waals surface area (Å²) >= 11 is 0. The zero-order valence-electron chi connectivity index (χ0n) is 10.4. The van der Waals surface area contributed by atoms with Gasteiger partial charge in [-0.3, -0.25) is 0 Å². The highest BCUT2D eigenvalue weighted by Gasteiger charge is 2.08. The Morgan fingerprint density at radius 1 is 1.00 bits per heavy atom. The van der Waals surface area contributed by atoms with Gasteiger partial charge >= 0.3 is 0 Å². The van der Waals surface area contributed by atoms with Crippen LogP contribution in [0, 0.1) is 0 Å². The normalized spacial score (nSPS) is 10.6. The summed E-state index contributed by atoms with van der Waals surface area (Å²) in [4.78, 5) is 8.05. The van der Waals surface area contributed by atoms with Crippen LogP contribution in [0.5, 0.6) is 11.6 Å². The number of hydrogen-bond donors (Lipinski definition) is 1. The number of benzene rings is 2. The first kappa shape index (κ1) is 11.5. The Kier molecular flexibility index (Phi) is 2.76. The van der Waals surface area contributed by atoms with Gasteiger partial charge in [0.05, 0.1) is 18.0 Å². The molecule has 1 heterocycles. The smallest absolute Gasteiger partial charge is 0.221 e. The standard InChI is InChI=1S/C15H12N2O2/c1-19-11-7-5-10(6-8-11)12-3-2-4-13-14(12)16-9-17-15(13)18/h2-9H,1H3,(H,16,17,18). The Balaban J connectivity index is 2.21. The summed E-state index contributed by atoms with van der Waals surface area (Å²) in [5.74, 6) is 0.807. The van der Waals surface area contributed by atoms with Gasteiger partial charge in [0.1, 0.15) is 12.1 Å². The maximum Gasteiger partial charge on any atom is 0.221 e. The summed E-state index contributed by atoms with van der Waals surface area (Å²) in [5, 5.41) is 10.4. The second kappa shape index (κ2) is 4.57. The average molecular weight is 252 g/mol. The minimum absolute atomic E-state index is 0.000335. The largest absolute Gasteiger partial charge is 0.497 e. The molecule has 4 nitrogen and oxygen atoms in total. The topological polar surface area (TPSA) is 55.2 Å². The number of nitrogens with zero attached hydrogens (tertiary/aromatic N) is 2. The summed E-state index contributed by atoms with van der Waals surface area (Å²) in [6.45, 7) is 0. The molecule has 4 heteroatoms. The molecule has 1 N–H and O–H groups in total. The molecule has 3 rings (SSSR count). The molecule has 19 heavy (non-hydrogen) atoms. The molecule has 0 bridgehead atoms. The van der Waals surface area contributed by atoms with Crippen molar-refractivity contribution >= 4 is 10.9 Å². The van der Waals surface area contributed by atoms with Crippen molar-refractivity contribution in [2.45, 2.75) is 0 Å². The van der Waals surface area contributed by atoms with Crippen LogP contribution in [0.25, 0.3) is 22.0 Å². The lowest BCUT2D eigenvalue weighted by Gasteiger charge is -2.07. The first-order chi connectivity index (χ1) is 9.29. The van der Waals surface area contributed by atoms with Gasteiger partial charge in [0.2, 0.25) is 5.88 Å². The number of aromatic hydroxyl groups is 1. The van der Waals surface area contributed by atoms with Crippen LogP contribution < -0.4 is 4.74 Å². The van der Waals surface area contributed by atoms with Gasteiger partial charge in [-0.25, -0.2) is 9.97 Å². The molecular formula is C15H12N2O2. The highest BCUT2D eigenvalue weighted by atomic mass is 16.5. The van der Waals surface area contributed by atoms with Crippen LogP contribution in [-0.2, 0) is 0 Å². The molecule has 0 aliphatic rings. The zero-order valence-corrected chi connectivity index (χ0v) is 10.4. The van der Waals surface area contributed by atoms with Crippen LogP contribution in [0.4, 0.5) is 0 Å². The highest BCUT2D eigenvalue weighted by Crippen LogP contribution is 2.30. The molecule has 0 spiro atoms. The lowest BCUT2D eigenvalue weighted by atomic mass is 10.0. The minimum Gasteiger partial charge on any atom is -0.497 e. The summed E-state index contributed by atoms with van der Waals surface area (Å²) in [7, 11) is 1.64. The SMILES string of the molecule is COc1ccc(-c2cccc3c(O)ncnc23)cc1. The third kappa shape index (κ3) is 1.97. The van der Waals surface area contributed by atoms with Gasteiger partial charge in [0.25, 0.3) is 0 Å². The molecule has 0 aliphatic carbocycles. The van der Waals surface area contributed by atoms with Crippen LogP contribution in [0.15, 0.2) is 48.8 Å². The van der Waals surface area contributed by atoms with Gasteiger partial charge in [-0.15, -0.1) is 0 Å². The molecular weight excluding hydrogens is 240 g/mol. The fraction of sp³-hybridized carbons (Fsp3) is 0.0667. The van der Waals surface area contributed by atoms with Crippen LogP contribution in [-0.4, -0.2) is 22.2 Å². The predicted molar refractivity (Wildman–Crippen MR) is 73.2 cm³/mol. The number of ether oxygens (including phenoxy) is 1. The van der Waals surface area contributed by atoms with Crippen molar-refractivity contribution in [1.82, 2.24) is 9.97 Å². The predicted octanol–water partition coefficient (Wildman–Crippen LogP) is 3.01. The zero-order chi connectivity index (χ0) is 13.2. The van der Waals surface area contributed by atoms with Crippen LogP contribution >= 0.6 is 0 Å². The van der Waals surface area contributed by atoms with E-state index in [0.29, 0.717) is 5.39 Å². The molecule has 0 fully saturated rings. The molecule has 0 amide bonds. The number of rotatable bonds is 2. The molecule has 0 atom stereocenters. The molecule has 0 saturated heterocycles. The molecule has 1 aromatic heterocycles. The summed E-state index contributed by atoms with van der Waals surface area (Å²) in [6.07, 6.45) is 1.37. The van der Waals surface area contributed by atoms with Crippen LogP contribution in [0.1, 0.15) is 0 Å². The van der Waals surface area contributed by atoms with Crippen molar-refractivity contribution in [2.75, 3.05) is 7.11 Å². The van der Waals surface area contributed by atoms with E-state index in [-0.39, 0.29) is 5.88 Å². The fourth-order valence-corrected chi connectivity index (χ4v) is 2.08. The van der Waals surface area contributed by atoms with E-state index in [1.165, 1.54) is 6.33 Å². The van der Waals surface area contributed by atoms with E-state index in [0.717, 1.165) is 22.4 Å². The maximum absolute atomic E-state index is 9.75. The molecule has 3 aromatic rings. The van der Waals surface area contributed by atoms with E-state index in [1.807, 2.05) is 36.4 Å². The van der Waals surface area contributed by atoms with E-state index < -0.39 is 0 Å². The third-order valence-electron chi connectivity index (χ3n) is 3.04.